The first-order valence-electron chi connectivity index (χ1n) is 6.02. The number of carbonyl (C=O) groups is 1. The van der Waals surface area contributed by atoms with Crippen molar-refractivity contribution in [2.24, 2.45) is 0 Å². The summed E-state index contributed by atoms with van der Waals surface area (Å²) in [7, 11) is 0. The molecule has 0 aliphatic heterocycles. The van der Waals surface area contributed by atoms with Crippen LogP contribution in [0.4, 0.5) is 0 Å². The molecule has 1 aromatic carbocycles. The van der Waals surface area contributed by atoms with E-state index in [2.05, 4.69) is 9.97 Å². The van der Waals surface area contributed by atoms with Crippen molar-refractivity contribution in [1.29, 1.82) is 0 Å². The summed E-state index contributed by atoms with van der Waals surface area (Å²) in [4.78, 5) is 30.6. The Bertz CT molecular complexity index is 709. The maximum absolute atomic E-state index is 12.2. The number of hydrogen-bond donors (Lipinski definition) is 1. The van der Waals surface area contributed by atoms with Crippen molar-refractivity contribution in [3.8, 4) is 0 Å². The van der Waals surface area contributed by atoms with Gasteiger partial charge in [0.05, 0.1) is 5.92 Å². The number of hydrogen-bond acceptors (Lipinski definition) is 3. The Morgan fingerprint density at radius 3 is 2.84 bits per heavy atom. The van der Waals surface area contributed by atoms with Gasteiger partial charge in [-0.2, -0.15) is 0 Å². The highest BCUT2D eigenvalue weighted by Crippen LogP contribution is 2.32. The summed E-state index contributed by atoms with van der Waals surface area (Å²) in [6.07, 6.45) is 2.46. The zero-order valence-corrected chi connectivity index (χ0v) is 10.8. The van der Waals surface area contributed by atoms with Crippen LogP contribution in [0.3, 0.4) is 0 Å². The van der Waals surface area contributed by atoms with E-state index in [9.17, 15) is 9.59 Å². The minimum atomic E-state index is -0.604. The lowest BCUT2D eigenvalue weighted by atomic mass is 9.80. The number of nitrogens with zero attached hydrogens (tertiary/aromatic N) is 1. The molecule has 19 heavy (non-hydrogen) atoms. The van der Waals surface area contributed by atoms with Crippen LogP contribution in [-0.2, 0) is 11.2 Å². The standard InChI is InChI=1S/C14H11ClN2O2/c15-11-7-16-14(19)13(17-11)12-9-4-2-1-3-8(9)5-6-10(12)18/h1-4,7,12H,5-6H2,(H,16,19). The maximum Gasteiger partial charge on any atom is 0.270 e. The number of halogens is 1. The van der Waals surface area contributed by atoms with Gasteiger partial charge in [0.2, 0.25) is 0 Å². The third kappa shape index (κ3) is 2.08. The third-order valence-electron chi connectivity index (χ3n) is 3.38. The second-order valence-electron chi connectivity index (χ2n) is 4.54. The molecule has 0 amide bonds. The van der Waals surface area contributed by atoms with Crippen LogP contribution in [0, 0.1) is 0 Å². The van der Waals surface area contributed by atoms with Crippen LogP contribution >= 0.6 is 11.6 Å². The molecule has 4 nitrogen and oxygen atoms in total. The molecule has 0 saturated heterocycles. The predicted molar refractivity (Wildman–Crippen MR) is 71.5 cm³/mol. The molecule has 1 N–H and O–H groups in total. The lowest BCUT2D eigenvalue weighted by Gasteiger charge is -2.23. The van der Waals surface area contributed by atoms with Gasteiger partial charge < -0.3 is 4.98 Å². The van der Waals surface area contributed by atoms with Crippen molar-refractivity contribution in [3.05, 3.63) is 62.8 Å². The number of aromatic nitrogens is 2. The van der Waals surface area contributed by atoms with Crippen LogP contribution < -0.4 is 5.56 Å². The van der Waals surface area contributed by atoms with Gasteiger partial charge in [-0.3, -0.25) is 9.59 Å². The number of rotatable bonds is 1. The number of nitrogens with one attached hydrogen (secondary N) is 1. The van der Waals surface area contributed by atoms with E-state index in [1.54, 1.807) is 0 Å². The van der Waals surface area contributed by atoms with Crippen molar-refractivity contribution >= 4 is 17.4 Å². The first-order valence-corrected chi connectivity index (χ1v) is 6.40. The van der Waals surface area contributed by atoms with Crippen LogP contribution in [-0.4, -0.2) is 15.8 Å². The Balaban J connectivity index is 2.21. The highest BCUT2D eigenvalue weighted by Gasteiger charge is 2.31. The van der Waals surface area contributed by atoms with Gasteiger partial charge in [-0.15, -0.1) is 0 Å². The van der Waals surface area contributed by atoms with Crippen LogP contribution in [0.1, 0.15) is 29.2 Å². The molecule has 96 valence electrons. The van der Waals surface area contributed by atoms with E-state index in [1.165, 1.54) is 6.20 Å². The molecule has 1 aliphatic carbocycles. The summed E-state index contributed by atoms with van der Waals surface area (Å²) in [6, 6.07) is 7.65. The lowest BCUT2D eigenvalue weighted by Crippen LogP contribution is -2.28. The normalized spacial score (nSPS) is 18.2. The first kappa shape index (κ1) is 12.1. The quantitative estimate of drug-likeness (QED) is 0.866. The Morgan fingerprint density at radius 1 is 1.21 bits per heavy atom. The molecular weight excluding hydrogens is 264 g/mol. The maximum atomic E-state index is 12.2. The summed E-state index contributed by atoms with van der Waals surface area (Å²) >= 11 is 5.82. The van der Waals surface area contributed by atoms with Gasteiger partial charge in [-0.25, -0.2) is 4.98 Å². The van der Waals surface area contributed by atoms with Crippen molar-refractivity contribution < 1.29 is 4.79 Å². The predicted octanol–water partition coefficient (Wildman–Crippen LogP) is 2.07. The first-order chi connectivity index (χ1) is 9.16. The van der Waals surface area contributed by atoms with Crippen LogP contribution in [0.15, 0.2) is 35.3 Å². The Labute approximate surface area is 114 Å². The summed E-state index contributed by atoms with van der Waals surface area (Å²) in [5.41, 5.74) is 1.77. The van der Waals surface area contributed by atoms with Gasteiger partial charge in [0.1, 0.15) is 16.6 Å². The fourth-order valence-corrected chi connectivity index (χ4v) is 2.66. The van der Waals surface area contributed by atoms with Gasteiger partial charge in [-0.05, 0) is 17.5 Å². The summed E-state index contributed by atoms with van der Waals surface area (Å²) < 4.78 is 0. The number of carbonyl (C=O) groups excluding carboxylic acids is 1. The minimum absolute atomic E-state index is 0.0129. The van der Waals surface area contributed by atoms with E-state index in [4.69, 9.17) is 11.6 Å². The van der Waals surface area contributed by atoms with Crippen molar-refractivity contribution in [2.45, 2.75) is 18.8 Å². The molecule has 0 radical (unpaired) electrons. The summed E-state index contributed by atoms with van der Waals surface area (Å²) in [5, 5.41) is 0.186. The van der Waals surface area contributed by atoms with E-state index >= 15 is 0 Å². The topological polar surface area (TPSA) is 62.8 Å². The molecule has 1 aromatic heterocycles. The highest BCUT2D eigenvalue weighted by atomic mass is 35.5. The fraction of sp³-hybridized carbons (Fsp3) is 0.214. The van der Waals surface area contributed by atoms with Crippen molar-refractivity contribution in [3.63, 3.8) is 0 Å². The molecule has 1 heterocycles. The van der Waals surface area contributed by atoms with Crippen molar-refractivity contribution in [1.82, 2.24) is 9.97 Å². The molecule has 0 bridgehead atoms. The largest absolute Gasteiger partial charge is 0.324 e. The highest BCUT2D eigenvalue weighted by molar-refractivity contribution is 6.29. The monoisotopic (exact) mass is 274 g/mol. The second kappa shape index (κ2) is 4.63. The van der Waals surface area contributed by atoms with Gasteiger partial charge in [0.15, 0.2) is 0 Å². The smallest absolute Gasteiger partial charge is 0.270 e. The van der Waals surface area contributed by atoms with Crippen LogP contribution in [0.2, 0.25) is 5.15 Å². The van der Waals surface area contributed by atoms with Crippen LogP contribution in [0.5, 0.6) is 0 Å². The van der Waals surface area contributed by atoms with E-state index in [0.717, 1.165) is 11.1 Å². The molecule has 1 atom stereocenters. The number of benzene rings is 1. The van der Waals surface area contributed by atoms with Gasteiger partial charge in [0, 0.05) is 12.6 Å². The molecule has 5 heteroatoms. The summed E-state index contributed by atoms with van der Waals surface area (Å²) in [5.74, 6) is -0.591. The Morgan fingerprint density at radius 2 is 2.00 bits per heavy atom. The van der Waals surface area contributed by atoms with E-state index in [-0.39, 0.29) is 22.2 Å². The second-order valence-corrected chi connectivity index (χ2v) is 4.92. The molecule has 0 saturated carbocycles. The van der Waals surface area contributed by atoms with E-state index in [1.807, 2.05) is 24.3 Å². The molecule has 0 spiro atoms. The zero-order valence-electron chi connectivity index (χ0n) is 10.0. The zero-order chi connectivity index (χ0) is 13.4. The minimum Gasteiger partial charge on any atom is -0.324 e. The Hall–Kier alpha value is -1.94. The molecule has 1 aliphatic rings. The van der Waals surface area contributed by atoms with E-state index < -0.39 is 5.92 Å². The Kier molecular flexibility index (Phi) is 2.95. The number of aromatic amines is 1. The average molecular weight is 275 g/mol. The number of Topliss-reactive ketones (excluding diaryl/α,β-unsaturated/α-hetero) is 1. The number of aryl methyl sites for hydroxylation is 1. The fourth-order valence-electron chi connectivity index (χ4n) is 2.51. The molecule has 2 aromatic rings. The molecular formula is C14H11ClN2O2. The van der Waals surface area contributed by atoms with E-state index in [0.29, 0.717) is 12.8 Å². The third-order valence-corrected chi connectivity index (χ3v) is 3.58. The van der Waals surface area contributed by atoms with Gasteiger partial charge >= 0.3 is 0 Å². The van der Waals surface area contributed by atoms with Gasteiger partial charge in [-0.1, -0.05) is 35.9 Å². The lowest BCUT2D eigenvalue weighted by molar-refractivity contribution is -0.120. The molecule has 0 fully saturated rings. The summed E-state index contributed by atoms with van der Waals surface area (Å²) in [6.45, 7) is 0. The number of fused-ring (bicyclic) bond motifs is 1. The molecule has 1 unspecified atom stereocenters. The number of ketones is 1. The van der Waals surface area contributed by atoms with Crippen molar-refractivity contribution in [2.75, 3.05) is 0 Å². The molecule has 3 rings (SSSR count). The number of H-pyrrole nitrogens is 1. The van der Waals surface area contributed by atoms with Gasteiger partial charge in [0.25, 0.3) is 5.56 Å². The SMILES string of the molecule is O=C1CCc2ccccc2C1c1nc(Cl)c[nH]c1=O. The average Bonchev–Trinajstić information content (AvgIpc) is 2.42. The van der Waals surface area contributed by atoms with Crippen LogP contribution in [0.25, 0.3) is 0 Å².